The van der Waals surface area contributed by atoms with Gasteiger partial charge in [-0.05, 0) is 0 Å². The molecule has 1 fully saturated rings. The van der Waals surface area contributed by atoms with Gasteiger partial charge in [0.15, 0.2) is 0 Å². The summed E-state index contributed by atoms with van der Waals surface area (Å²) in [5, 5.41) is 0. The van der Waals surface area contributed by atoms with Gasteiger partial charge < -0.3 is 0 Å². The molecule has 0 amide bonds. The van der Waals surface area contributed by atoms with E-state index in [1.807, 2.05) is 0 Å². The van der Waals surface area contributed by atoms with Crippen LogP contribution in [0.3, 0.4) is 0 Å². The molecule has 28 heavy (non-hydrogen) atoms. The topological polar surface area (TPSA) is 216 Å². The van der Waals surface area contributed by atoms with Crippen LogP contribution in [0.4, 0.5) is 5.82 Å². The second-order valence-electron chi connectivity index (χ2n) is 5.87. The Morgan fingerprint density at radius 1 is 1.39 bits per heavy atom. The van der Waals surface area contributed by atoms with E-state index in [2.05, 4.69) is 30.2 Å². The predicted molar refractivity (Wildman–Crippen MR) is 98.1 cm³/mol. The Balaban J connectivity index is 1.56. The Bertz CT molecular complexity index is 934. The van der Waals surface area contributed by atoms with Gasteiger partial charge in [-0.25, -0.2) is 0 Å². The van der Waals surface area contributed by atoms with E-state index in [4.69, 9.17) is 20.0 Å². The molecule has 1 aliphatic rings. The van der Waals surface area contributed by atoms with E-state index in [0.29, 0.717) is 23.2 Å². The summed E-state index contributed by atoms with van der Waals surface area (Å²) in [4.78, 5) is 57.8. The molecule has 156 valence electrons. The maximum atomic E-state index is 10.6. The maximum absolute atomic E-state index is 10.6. The zero-order chi connectivity index (χ0) is 20.7. The molecule has 0 aliphatic heterocycles. The number of phosphoric acid groups is 1. The molecule has 0 spiro atoms. The van der Waals surface area contributed by atoms with Gasteiger partial charge in [0.05, 0.1) is 0 Å². The first-order valence-electron chi connectivity index (χ1n) is 7.60. The summed E-state index contributed by atoms with van der Waals surface area (Å²) in [6.45, 7) is 3.76. The number of anilines is 1. The second-order valence-corrected chi connectivity index (χ2v) is 10.1. The molecule has 14 nitrogen and oxygen atoms in total. The van der Waals surface area contributed by atoms with Crippen molar-refractivity contribution in [2.75, 3.05) is 12.3 Å². The van der Waals surface area contributed by atoms with Gasteiger partial charge in [0.1, 0.15) is 0 Å². The first-order chi connectivity index (χ1) is 13.0. The number of nitrogens with zero attached hydrogens (tertiary/aromatic N) is 4. The van der Waals surface area contributed by atoms with Crippen LogP contribution in [-0.2, 0) is 17.7 Å². The summed E-state index contributed by atoms with van der Waals surface area (Å²) >= 11 is 0. The summed E-state index contributed by atoms with van der Waals surface area (Å²) in [5.74, 6) is -0.0101. The Labute approximate surface area is 159 Å². The number of aromatic nitrogens is 4. The SMILES string of the molecule is C=C1[C@H](CO[PH](O)(O)OP(O)OP(=O)(O)O)C[C@@H]1n1cnc2c(N)ncnc21. The molecule has 0 aromatic carbocycles. The normalized spacial score (nSPS) is 22.2. The van der Waals surface area contributed by atoms with Crippen LogP contribution in [0.2, 0.25) is 0 Å². The monoisotopic (exact) mass is 457 g/mol. The molecule has 1 saturated carbocycles. The molecule has 7 N–H and O–H groups in total. The number of hydrogen-bond acceptors (Lipinski definition) is 11. The van der Waals surface area contributed by atoms with Gasteiger partial charge in [-0.3, -0.25) is 0 Å². The third kappa shape index (κ3) is 4.88. The van der Waals surface area contributed by atoms with E-state index in [9.17, 15) is 19.2 Å². The Hall–Kier alpha value is -1.14. The van der Waals surface area contributed by atoms with Crippen LogP contribution in [0.25, 0.3) is 11.2 Å². The fourth-order valence-corrected chi connectivity index (χ4v) is 5.30. The van der Waals surface area contributed by atoms with Gasteiger partial charge in [-0.1, -0.05) is 0 Å². The molecule has 3 atom stereocenters. The van der Waals surface area contributed by atoms with Crippen LogP contribution in [0.15, 0.2) is 24.8 Å². The fourth-order valence-electron chi connectivity index (χ4n) is 2.69. The van der Waals surface area contributed by atoms with Gasteiger partial charge >= 0.3 is 159 Å². The zero-order valence-electron chi connectivity index (χ0n) is 14.1. The first-order valence-corrected chi connectivity index (χ1v) is 12.0. The standard InChI is InChI=1S/C11H18N5O9P3/c1-6-7(3-23-28(21,22)25-26(17)24-27(18,19)20)2-8(6)16-5-15-9-10(12)13-4-14-11(9)16/h4-5,7-8,17,21-22,28H,1-3H2,(H2,12,13,14)(H2,18,19,20)/t7-,8-,26?/m0/s1. The first kappa shape index (κ1) is 21.6. The average Bonchev–Trinajstić information content (AvgIpc) is 2.96. The Morgan fingerprint density at radius 2 is 2.11 bits per heavy atom. The van der Waals surface area contributed by atoms with E-state index in [0.717, 1.165) is 0 Å². The van der Waals surface area contributed by atoms with Crippen LogP contribution in [0.1, 0.15) is 12.5 Å². The van der Waals surface area contributed by atoms with E-state index in [1.54, 1.807) is 10.9 Å². The van der Waals surface area contributed by atoms with Gasteiger partial charge in [0.25, 0.3) is 0 Å². The van der Waals surface area contributed by atoms with Crippen molar-refractivity contribution in [3.05, 3.63) is 24.8 Å². The molecule has 2 aromatic rings. The zero-order valence-corrected chi connectivity index (χ0v) is 16.8. The molecule has 0 radical (unpaired) electrons. The van der Waals surface area contributed by atoms with Crippen LogP contribution in [0, 0.1) is 5.92 Å². The average molecular weight is 457 g/mol. The van der Waals surface area contributed by atoms with Crippen LogP contribution in [0.5, 0.6) is 0 Å². The van der Waals surface area contributed by atoms with Gasteiger partial charge in [-0.15, -0.1) is 0 Å². The van der Waals surface area contributed by atoms with Gasteiger partial charge in [-0.2, -0.15) is 0 Å². The number of imidazole rings is 1. The van der Waals surface area contributed by atoms with Crippen LogP contribution >= 0.6 is 24.6 Å². The molecule has 2 aromatic heterocycles. The molecule has 1 unspecified atom stereocenters. The van der Waals surface area contributed by atoms with Crippen molar-refractivity contribution < 1.29 is 42.2 Å². The van der Waals surface area contributed by atoms with Crippen molar-refractivity contribution in [3.8, 4) is 0 Å². The van der Waals surface area contributed by atoms with E-state index >= 15 is 0 Å². The molecule has 17 heteroatoms. The van der Waals surface area contributed by atoms with Crippen molar-refractivity contribution in [1.29, 1.82) is 0 Å². The molecule has 1 aliphatic carbocycles. The van der Waals surface area contributed by atoms with Crippen molar-refractivity contribution in [2.24, 2.45) is 5.92 Å². The van der Waals surface area contributed by atoms with Crippen LogP contribution in [-0.4, -0.2) is 50.6 Å². The summed E-state index contributed by atoms with van der Waals surface area (Å²) in [6, 6.07) is -0.157. The Morgan fingerprint density at radius 3 is 2.75 bits per heavy atom. The van der Waals surface area contributed by atoms with Gasteiger partial charge in [0.2, 0.25) is 0 Å². The number of fused-ring (bicyclic) bond motifs is 1. The number of nitrogens with two attached hydrogens (primary N) is 1. The number of nitrogen functional groups attached to an aromatic ring is 1. The third-order valence-electron chi connectivity index (χ3n) is 4.03. The summed E-state index contributed by atoms with van der Waals surface area (Å²) in [5.41, 5.74) is 7.46. The number of rotatable bonds is 8. The number of hydrogen-bond donors (Lipinski definition) is 6. The van der Waals surface area contributed by atoms with E-state index in [-0.39, 0.29) is 24.4 Å². The van der Waals surface area contributed by atoms with E-state index < -0.39 is 24.6 Å². The summed E-state index contributed by atoms with van der Waals surface area (Å²) in [7, 11) is -13.2. The summed E-state index contributed by atoms with van der Waals surface area (Å²) < 4.78 is 25.3. The molecule has 2 heterocycles. The molecule has 0 saturated heterocycles. The predicted octanol–water partition coefficient (Wildman–Crippen LogP) is 0.282. The van der Waals surface area contributed by atoms with E-state index in [1.165, 1.54) is 6.33 Å². The fraction of sp³-hybridized carbons (Fsp3) is 0.364. The van der Waals surface area contributed by atoms with Crippen molar-refractivity contribution in [2.45, 2.75) is 12.5 Å². The van der Waals surface area contributed by atoms with Crippen molar-refractivity contribution in [3.63, 3.8) is 0 Å². The molecule has 0 bridgehead atoms. The van der Waals surface area contributed by atoms with Crippen molar-refractivity contribution >= 4 is 41.6 Å². The summed E-state index contributed by atoms with van der Waals surface area (Å²) in [6.07, 6.45) is 3.40. The minimum absolute atomic E-state index is 0.157. The van der Waals surface area contributed by atoms with Crippen molar-refractivity contribution in [1.82, 2.24) is 19.5 Å². The third-order valence-corrected chi connectivity index (χ3v) is 7.56. The Kier molecular flexibility index (Phi) is 6.12. The molecular formula is C11H18N5O9P3. The van der Waals surface area contributed by atoms with Crippen LogP contribution < -0.4 is 5.73 Å². The molecule has 3 rings (SSSR count). The molecular weight excluding hydrogens is 439 g/mol. The second kappa shape index (κ2) is 7.94. The van der Waals surface area contributed by atoms with Gasteiger partial charge in [0, 0.05) is 0 Å². The quantitative estimate of drug-likeness (QED) is 0.232. The minimum atomic E-state index is -5.05.